The van der Waals surface area contributed by atoms with E-state index in [9.17, 15) is 4.79 Å². The van der Waals surface area contributed by atoms with Crippen molar-refractivity contribution in [1.82, 2.24) is 15.6 Å². The van der Waals surface area contributed by atoms with Crippen LogP contribution in [0.5, 0.6) is 0 Å². The highest BCUT2D eigenvalue weighted by Crippen LogP contribution is 2.23. The van der Waals surface area contributed by atoms with Crippen molar-refractivity contribution in [2.24, 2.45) is 0 Å². The third kappa shape index (κ3) is 4.65. The molecule has 2 N–H and O–H groups in total. The fraction of sp³-hybridized carbons (Fsp3) is 0.400. The minimum atomic E-state index is 0.00402. The molecule has 0 bridgehead atoms. The number of amides is 1. The SMILES string of the molecule is O=C(NCCCc1ccccn1)c1ccc(C2CCCNC2)cc1. The number of pyridine rings is 1. The maximum atomic E-state index is 12.2. The molecule has 24 heavy (non-hydrogen) atoms. The van der Waals surface area contributed by atoms with E-state index in [0.29, 0.717) is 12.5 Å². The Morgan fingerprint density at radius 2 is 2.08 bits per heavy atom. The van der Waals surface area contributed by atoms with Gasteiger partial charge in [0, 0.05) is 30.5 Å². The molecule has 4 heteroatoms. The minimum Gasteiger partial charge on any atom is -0.352 e. The summed E-state index contributed by atoms with van der Waals surface area (Å²) in [6.07, 6.45) is 6.04. The number of rotatable bonds is 6. The number of hydrogen-bond donors (Lipinski definition) is 2. The number of nitrogens with zero attached hydrogens (tertiary/aromatic N) is 1. The highest BCUT2D eigenvalue weighted by atomic mass is 16.1. The van der Waals surface area contributed by atoms with E-state index in [4.69, 9.17) is 0 Å². The molecule has 1 unspecified atom stereocenters. The van der Waals surface area contributed by atoms with E-state index in [0.717, 1.165) is 37.2 Å². The van der Waals surface area contributed by atoms with Gasteiger partial charge in [0.05, 0.1) is 0 Å². The van der Waals surface area contributed by atoms with E-state index in [2.05, 4.69) is 27.8 Å². The average Bonchev–Trinajstić information content (AvgIpc) is 2.67. The molecule has 0 radical (unpaired) electrons. The first-order valence-corrected chi connectivity index (χ1v) is 8.82. The molecule has 2 aromatic rings. The zero-order valence-corrected chi connectivity index (χ0v) is 14.0. The number of hydrogen-bond acceptors (Lipinski definition) is 3. The van der Waals surface area contributed by atoms with Gasteiger partial charge in [-0.2, -0.15) is 0 Å². The van der Waals surface area contributed by atoms with Gasteiger partial charge in [-0.3, -0.25) is 9.78 Å². The molecule has 3 rings (SSSR count). The second-order valence-electron chi connectivity index (χ2n) is 6.35. The number of nitrogens with one attached hydrogen (secondary N) is 2. The normalized spacial score (nSPS) is 17.4. The van der Waals surface area contributed by atoms with E-state index < -0.39 is 0 Å². The van der Waals surface area contributed by atoms with Crippen LogP contribution < -0.4 is 10.6 Å². The Morgan fingerprint density at radius 1 is 1.21 bits per heavy atom. The summed E-state index contributed by atoms with van der Waals surface area (Å²) >= 11 is 0. The van der Waals surface area contributed by atoms with Crippen molar-refractivity contribution in [2.45, 2.75) is 31.6 Å². The molecule has 2 heterocycles. The first-order chi connectivity index (χ1) is 11.8. The van der Waals surface area contributed by atoms with Crippen LogP contribution >= 0.6 is 0 Å². The van der Waals surface area contributed by atoms with Crippen LogP contribution in [0.2, 0.25) is 0 Å². The molecule has 0 aliphatic carbocycles. The Morgan fingerprint density at radius 3 is 2.79 bits per heavy atom. The minimum absolute atomic E-state index is 0.00402. The van der Waals surface area contributed by atoms with Crippen LogP contribution in [0.25, 0.3) is 0 Å². The molecular weight excluding hydrogens is 298 g/mol. The van der Waals surface area contributed by atoms with Gasteiger partial charge in [0.1, 0.15) is 0 Å². The van der Waals surface area contributed by atoms with Gasteiger partial charge in [0.25, 0.3) is 5.91 Å². The number of aryl methyl sites for hydroxylation is 1. The standard InChI is InChI=1S/C20H25N3O/c24-20(23-14-4-7-19-6-1-2-13-22-19)17-10-8-16(9-11-17)18-5-3-12-21-15-18/h1-2,6,8-11,13,18,21H,3-5,7,12,14-15H2,(H,23,24). The molecule has 0 saturated carbocycles. The van der Waals surface area contributed by atoms with E-state index in [-0.39, 0.29) is 5.91 Å². The molecule has 1 atom stereocenters. The number of carbonyl (C=O) groups is 1. The fourth-order valence-corrected chi connectivity index (χ4v) is 3.16. The van der Waals surface area contributed by atoms with Gasteiger partial charge in [-0.05, 0) is 68.0 Å². The van der Waals surface area contributed by atoms with Crippen molar-refractivity contribution in [1.29, 1.82) is 0 Å². The van der Waals surface area contributed by atoms with Crippen LogP contribution in [-0.2, 0) is 6.42 Å². The summed E-state index contributed by atoms with van der Waals surface area (Å²) in [6.45, 7) is 2.83. The molecule has 1 saturated heterocycles. The Kier molecular flexibility index (Phi) is 5.96. The summed E-state index contributed by atoms with van der Waals surface area (Å²) in [5.41, 5.74) is 3.13. The topological polar surface area (TPSA) is 54.0 Å². The van der Waals surface area contributed by atoms with Gasteiger partial charge in [-0.15, -0.1) is 0 Å². The number of piperidine rings is 1. The number of aromatic nitrogens is 1. The second kappa shape index (κ2) is 8.60. The Bertz CT molecular complexity index is 634. The first-order valence-electron chi connectivity index (χ1n) is 8.82. The lowest BCUT2D eigenvalue weighted by molar-refractivity contribution is 0.0953. The smallest absolute Gasteiger partial charge is 0.251 e. The zero-order valence-electron chi connectivity index (χ0n) is 14.0. The summed E-state index contributed by atoms with van der Waals surface area (Å²) in [4.78, 5) is 16.5. The summed E-state index contributed by atoms with van der Waals surface area (Å²) in [7, 11) is 0. The number of carbonyl (C=O) groups excluding carboxylic acids is 1. The molecule has 0 spiro atoms. The Labute approximate surface area is 143 Å². The highest BCUT2D eigenvalue weighted by Gasteiger charge is 2.15. The van der Waals surface area contributed by atoms with Crippen LogP contribution in [0.15, 0.2) is 48.7 Å². The van der Waals surface area contributed by atoms with Crippen LogP contribution in [0.4, 0.5) is 0 Å². The summed E-state index contributed by atoms with van der Waals surface area (Å²) in [5.74, 6) is 0.582. The van der Waals surface area contributed by atoms with Crippen molar-refractivity contribution in [3.63, 3.8) is 0 Å². The first kappa shape index (κ1) is 16.7. The van der Waals surface area contributed by atoms with Gasteiger partial charge in [0.15, 0.2) is 0 Å². The predicted molar refractivity (Wildman–Crippen MR) is 96.2 cm³/mol. The molecule has 1 fully saturated rings. The van der Waals surface area contributed by atoms with Gasteiger partial charge in [0.2, 0.25) is 0 Å². The Hall–Kier alpha value is -2.20. The average molecular weight is 323 g/mol. The maximum absolute atomic E-state index is 12.2. The van der Waals surface area contributed by atoms with Gasteiger partial charge in [-0.1, -0.05) is 18.2 Å². The zero-order chi connectivity index (χ0) is 16.6. The molecule has 4 nitrogen and oxygen atoms in total. The van der Waals surface area contributed by atoms with Crippen LogP contribution in [0, 0.1) is 0 Å². The number of benzene rings is 1. The lowest BCUT2D eigenvalue weighted by Crippen LogP contribution is -2.28. The van der Waals surface area contributed by atoms with Crippen molar-refractivity contribution in [2.75, 3.05) is 19.6 Å². The van der Waals surface area contributed by atoms with Crippen molar-refractivity contribution < 1.29 is 4.79 Å². The monoisotopic (exact) mass is 323 g/mol. The highest BCUT2D eigenvalue weighted by molar-refractivity contribution is 5.94. The molecule has 1 aliphatic rings. The Balaban J connectivity index is 1.44. The van der Waals surface area contributed by atoms with Crippen molar-refractivity contribution >= 4 is 5.91 Å². The second-order valence-corrected chi connectivity index (χ2v) is 6.35. The van der Waals surface area contributed by atoms with Crippen molar-refractivity contribution in [3.05, 3.63) is 65.5 Å². The van der Waals surface area contributed by atoms with Crippen LogP contribution in [-0.4, -0.2) is 30.5 Å². The van der Waals surface area contributed by atoms with Crippen molar-refractivity contribution in [3.8, 4) is 0 Å². The third-order valence-corrected chi connectivity index (χ3v) is 4.56. The third-order valence-electron chi connectivity index (χ3n) is 4.56. The van der Waals surface area contributed by atoms with Crippen LogP contribution in [0.1, 0.15) is 46.8 Å². The molecule has 1 aromatic carbocycles. The lowest BCUT2D eigenvalue weighted by atomic mass is 9.91. The van der Waals surface area contributed by atoms with Gasteiger partial charge in [-0.25, -0.2) is 0 Å². The summed E-state index contributed by atoms with van der Waals surface area (Å²) in [5, 5.41) is 6.42. The summed E-state index contributed by atoms with van der Waals surface area (Å²) in [6, 6.07) is 14.0. The quantitative estimate of drug-likeness (QED) is 0.804. The molecule has 1 amide bonds. The molecule has 1 aliphatic heterocycles. The van der Waals surface area contributed by atoms with E-state index in [1.54, 1.807) is 6.20 Å². The molecular formula is C20H25N3O. The molecule has 1 aromatic heterocycles. The lowest BCUT2D eigenvalue weighted by Gasteiger charge is -2.23. The van der Waals surface area contributed by atoms with E-state index in [1.165, 1.54) is 18.4 Å². The maximum Gasteiger partial charge on any atom is 0.251 e. The van der Waals surface area contributed by atoms with E-state index >= 15 is 0 Å². The predicted octanol–water partition coefficient (Wildman–Crippen LogP) is 2.91. The molecule has 126 valence electrons. The van der Waals surface area contributed by atoms with Gasteiger partial charge >= 0.3 is 0 Å². The largest absolute Gasteiger partial charge is 0.352 e. The summed E-state index contributed by atoms with van der Waals surface area (Å²) < 4.78 is 0. The van der Waals surface area contributed by atoms with E-state index in [1.807, 2.05) is 30.3 Å². The van der Waals surface area contributed by atoms with Crippen LogP contribution in [0.3, 0.4) is 0 Å². The van der Waals surface area contributed by atoms with Gasteiger partial charge < -0.3 is 10.6 Å². The fourth-order valence-electron chi connectivity index (χ4n) is 3.16.